The van der Waals surface area contributed by atoms with Crippen LogP contribution in [0.3, 0.4) is 0 Å². The van der Waals surface area contributed by atoms with Gasteiger partial charge in [-0.3, -0.25) is 15.4 Å². The molecule has 17 heavy (non-hydrogen) atoms. The summed E-state index contributed by atoms with van der Waals surface area (Å²) in [6.45, 7) is 2.15. The number of allylic oxidation sites excluding steroid dienone is 1. The lowest BCUT2D eigenvalue weighted by Crippen LogP contribution is -2.33. The number of fused-ring (bicyclic) bond motifs is 1. The van der Waals surface area contributed by atoms with Gasteiger partial charge in [-0.05, 0) is 18.6 Å². The normalized spacial score (nSPS) is 21.2. The standard InChI is InChI=1S/C12H13N5/c1-2-11-9-4-7-13-10(9)8-17(11)16-12-14-5-3-6-15-12/h3-8,11H,2H2,1H3,(H,14,15,16)/t11-/m1/s1. The van der Waals surface area contributed by atoms with Crippen LogP contribution in [0.15, 0.2) is 47.0 Å². The Kier molecular flexibility index (Phi) is 2.36. The quantitative estimate of drug-likeness (QED) is 0.854. The summed E-state index contributed by atoms with van der Waals surface area (Å²) in [4.78, 5) is 12.6. The van der Waals surface area contributed by atoms with E-state index < -0.39 is 0 Å². The second-order valence-corrected chi connectivity index (χ2v) is 3.93. The minimum absolute atomic E-state index is 0.302. The van der Waals surface area contributed by atoms with Crippen LogP contribution in [0.5, 0.6) is 0 Å². The van der Waals surface area contributed by atoms with Crippen molar-refractivity contribution in [1.29, 1.82) is 0 Å². The van der Waals surface area contributed by atoms with E-state index in [2.05, 4.69) is 33.4 Å². The Bertz CT molecular complexity index is 503. The molecule has 5 nitrogen and oxygen atoms in total. The van der Waals surface area contributed by atoms with Gasteiger partial charge in [0.25, 0.3) is 0 Å². The molecule has 0 spiro atoms. The van der Waals surface area contributed by atoms with Crippen molar-refractivity contribution in [3.63, 3.8) is 0 Å². The smallest absolute Gasteiger partial charge is 0.241 e. The maximum Gasteiger partial charge on any atom is 0.241 e. The maximum absolute atomic E-state index is 4.31. The summed E-state index contributed by atoms with van der Waals surface area (Å²) in [5, 5.41) is 2.02. The van der Waals surface area contributed by atoms with Crippen molar-refractivity contribution in [3.8, 4) is 0 Å². The van der Waals surface area contributed by atoms with Gasteiger partial charge in [0.05, 0.1) is 11.7 Å². The highest BCUT2D eigenvalue weighted by Crippen LogP contribution is 2.32. The number of hydrogen-bond acceptors (Lipinski definition) is 5. The summed E-state index contributed by atoms with van der Waals surface area (Å²) in [5.74, 6) is 0.604. The van der Waals surface area contributed by atoms with E-state index in [4.69, 9.17) is 0 Å². The molecule has 0 aromatic carbocycles. The van der Waals surface area contributed by atoms with Crippen LogP contribution >= 0.6 is 0 Å². The average molecular weight is 227 g/mol. The zero-order chi connectivity index (χ0) is 11.7. The Morgan fingerprint density at radius 3 is 2.94 bits per heavy atom. The number of hydrazine groups is 1. The van der Waals surface area contributed by atoms with Gasteiger partial charge in [0.1, 0.15) is 0 Å². The molecule has 3 rings (SSSR count). The van der Waals surface area contributed by atoms with Gasteiger partial charge in [-0.2, -0.15) is 0 Å². The average Bonchev–Trinajstić information content (AvgIpc) is 2.90. The number of rotatable bonds is 3. The highest BCUT2D eigenvalue weighted by atomic mass is 15.5. The first-order chi connectivity index (χ1) is 8.38. The summed E-state index contributed by atoms with van der Waals surface area (Å²) in [7, 11) is 0. The van der Waals surface area contributed by atoms with Crippen LogP contribution in [0.1, 0.15) is 13.3 Å². The fraction of sp³-hybridized carbons (Fsp3) is 0.250. The van der Waals surface area contributed by atoms with E-state index in [-0.39, 0.29) is 0 Å². The fourth-order valence-electron chi connectivity index (χ4n) is 2.12. The number of anilines is 1. The molecule has 0 saturated carbocycles. The molecule has 2 aliphatic rings. The molecular weight excluding hydrogens is 214 g/mol. The summed E-state index contributed by atoms with van der Waals surface area (Å²) >= 11 is 0. The number of nitrogens with zero attached hydrogens (tertiary/aromatic N) is 4. The minimum Gasteiger partial charge on any atom is -0.283 e. The van der Waals surface area contributed by atoms with Gasteiger partial charge >= 0.3 is 0 Å². The molecule has 0 unspecified atom stereocenters. The van der Waals surface area contributed by atoms with Gasteiger partial charge in [-0.1, -0.05) is 6.92 Å². The molecular formula is C12H13N5. The predicted octanol–water partition coefficient (Wildman–Crippen LogP) is 1.75. The SMILES string of the molecule is CC[C@@H]1C2=CC=NC2=CN1Nc1ncccn1. The van der Waals surface area contributed by atoms with Crippen molar-refractivity contribution < 1.29 is 0 Å². The van der Waals surface area contributed by atoms with Crippen molar-refractivity contribution in [2.45, 2.75) is 19.4 Å². The molecule has 0 aliphatic carbocycles. The van der Waals surface area contributed by atoms with E-state index >= 15 is 0 Å². The zero-order valence-electron chi connectivity index (χ0n) is 9.54. The topological polar surface area (TPSA) is 53.4 Å². The van der Waals surface area contributed by atoms with Crippen molar-refractivity contribution in [2.24, 2.45) is 4.99 Å². The lowest BCUT2D eigenvalue weighted by Gasteiger charge is -2.25. The van der Waals surface area contributed by atoms with Crippen LogP contribution < -0.4 is 5.43 Å². The van der Waals surface area contributed by atoms with Gasteiger partial charge in [0.15, 0.2) is 0 Å². The molecule has 86 valence electrons. The Morgan fingerprint density at radius 2 is 2.18 bits per heavy atom. The maximum atomic E-state index is 4.31. The monoisotopic (exact) mass is 227 g/mol. The van der Waals surface area contributed by atoms with E-state index in [1.54, 1.807) is 18.5 Å². The first-order valence-electron chi connectivity index (χ1n) is 5.67. The molecule has 2 aliphatic heterocycles. The van der Waals surface area contributed by atoms with Crippen LogP contribution in [0.2, 0.25) is 0 Å². The first kappa shape index (κ1) is 10.0. The van der Waals surface area contributed by atoms with Crippen molar-refractivity contribution in [2.75, 3.05) is 5.43 Å². The van der Waals surface area contributed by atoms with E-state index in [9.17, 15) is 0 Å². The molecule has 0 saturated heterocycles. The van der Waals surface area contributed by atoms with Gasteiger partial charge in [-0.15, -0.1) is 0 Å². The van der Waals surface area contributed by atoms with Crippen LogP contribution in [0.25, 0.3) is 0 Å². The number of hydrogen-bond donors (Lipinski definition) is 1. The molecule has 3 heterocycles. The van der Waals surface area contributed by atoms with E-state index in [1.165, 1.54) is 5.57 Å². The second kappa shape index (κ2) is 4.01. The van der Waals surface area contributed by atoms with Crippen molar-refractivity contribution in [1.82, 2.24) is 15.0 Å². The summed E-state index contributed by atoms with van der Waals surface area (Å²) in [6, 6.07) is 2.10. The lowest BCUT2D eigenvalue weighted by molar-refractivity contribution is 0.376. The highest BCUT2D eigenvalue weighted by Gasteiger charge is 2.30. The second-order valence-electron chi connectivity index (χ2n) is 3.93. The molecule has 0 radical (unpaired) electrons. The van der Waals surface area contributed by atoms with Crippen molar-refractivity contribution >= 4 is 12.2 Å². The van der Waals surface area contributed by atoms with Crippen LogP contribution in [0.4, 0.5) is 5.95 Å². The van der Waals surface area contributed by atoms with Gasteiger partial charge in [0.2, 0.25) is 5.95 Å². The third-order valence-corrected chi connectivity index (χ3v) is 2.90. The molecule has 1 atom stereocenters. The molecule has 1 aromatic rings. The van der Waals surface area contributed by atoms with E-state index in [0.717, 1.165) is 12.1 Å². The predicted molar refractivity (Wildman–Crippen MR) is 66.2 cm³/mol. The Hall–Kier alpha value is -2.17. The largest absolute Gasteiger partial charge is 0.283 e. The summed E-state index contributed by atoms with van der Waals surface area (Å²) < 4.78 is 0. The Morgan fingerprint density at radius 1 is 1.35 bits per heavy atom. The van der Waals surface area contributed by atoms with Gasteiger partial charge in [-0.25, -0.2) is 9.97 Å². The molecule has 5 heteroatoms. The Balaban J connectivity index is 1.82. The molecule has 1 N–H and O–H groups in total. The summed E-state index contributed by atoms with van der Waals surface area (Å²) in [6.07, 6.45) is 10.4. The van der Waals surface area contributed by atoms with Crippen LogP contribution in [-0.4, -0.2) is 27.2 Å². The number of aliphatic imine (C=N–C) groups is 1. The number of nitrogens with one attached hydrogen (secondary N) is 1. The highest BCUT2D eigenvalue weighted by molar-refractivity contribution is 5.80. The summed E-state index contributed by atoms with van der Waals surface area (Å²) in [5.41, 5.74) is 5.48. The molecule has 0 bridgehead atoms. The zero-order valence-corrected chi connectivity index (χ0v) is 9.54. The Labute approximate surface area is 99.6 Å². The van der Waals surface area contributed by atoms with Crippen LogP contribution in [0, 0.1) is 0 Å². The molecule has 1 aromatic heterocycles. The molecule has 0 fully saturated rings. The van der Waals surface area contributed by atoms with Crippen molar-refractivity contribution in [3.05, 3.63) is 42.0 Å². The third-order valence-electron chi connectivity index (χ3n) is 2.90. The fourth-order valence-corrected chi connectivity index (χ4v) is 2.12. The van der Waals surface area contributed by atoms with E-state index in [1.807, 2.05) is 17.4 Å². The number of aromatic nitrogens is 2. The van der Waals surface area contributed by atoms with Crippen LogP contribution in [-0.2, 0) is 0 Å². The molecule has 0 amide bonds. The third kappa shape index (κ3) is 1.69. The van der Waals surface area contributed by atoms with Gasteiger partial charge < -0.3 is 0 Å². The minimum atomic E-state index is 0.302. The first-order valence-corrected chi connectivity index (χ1v) is 5.67. The van der Waals surface area contributed by atoms with E-state index in [0.29, 0.717) is 12.0 Å². The van der Waals surface area contributed by atoms with Gasteiger partial charge in [0, 0.05) is 30.4 Å². The lowest BCUT2D eigenvalue weighted by atomic mass is 10.1.